The Kier molecular flexibility index (Phi) is 7.63. The molecule has 1 fully saturated rings. The molecule has 7 heteroatoms. The van der Waals surface area contributed by atoms with Crippen molar-refractivity contribution in [3.63, 3.8) is 0 Å². The van der Waals surface area contributed by atoms with Crippen molar-refractivity contribution in [2.45, 2.75) is 65.6 Å². The first-order chi connectivity index (χ1) is 13.0. The zero-order chi connectivity index (χ0) is 21.1. The van der Waals surface area contributed by atoms with Gasteiger partial charge in [-0.1, -0.05) is 29.3 Å². The number of hydrogen-bond acceptors (Lipinski definition) is 3. The highest BCUT2D eigenvalue weighted by molar-refractivity contribution is 6.42. The van der Waals surface area contributed by atoms with Crippen LogP contribution in [0.15, 0.2) is 18.2 Å². The van der Waals surface area contributed by atoms with E-state index in [1.165, 1.54) is 0 Å². The van der Waals surface area contributed by atoms with E-state index in [1.54, 1.807) is 17.0 Å². The minimum Gasteiger partial charge on any atom is -0.444 e. The largest absolute Gasteiger partial charge is 0.444 e. The van der Waals surface area contributed by atoms with Crippen LogP contribution >= 0.6 is 23.2 Å². The molecule has 1 aliphatic heterocycles. The second-order valence-electron chi connectivity index (χ2n) is 8.57. The first-order valence-electron chi connectivity index (χ1n) is 9.70. The molecule has 0 radical (unpaired) electrons. The number of piperidine rings is 1. The highest BCUT2D eigenvalue weighted by Crippen LogP contribution is 2.26. The molecule has 5 nitrogen and oxygen atoms in total. The Balaban J connectivity index is 2.09. The van der Waals surface area contributed by atoms with Gasteiger partial charge in [0.15, 0.2) is 0 Å². The van der Waals surface area contributed by atoms with Crippen LogP contribution in [0.3, 0.4) is 0 Å². The molecule has 0 unspecified atom stereocenters. The van der Waals surface area contributed by atoms with Crippen LogP contribution in [-0.2, 0) is 16.1 Å². The molecular formula is C21H30Cl2N2O3. The zero-order valence-corrected chi connectivity index (χ0v) is 18.8. The van der Waals surface area contributed by atoms with Crippen LogP contribution in [0.2, 0.25) is 10.0 Å². The Morgan fingerprint density at radius 3 is 2.50 bits per heavy atom. The lowest BCUT2D eigenvalue weighted by atomic mass is 9.96. The van der Waals surface area contributed by atoms with Crippen molar-refractivity contribution in [2.24, 2.45) is 5.92 Å². The number of amides is 2. The van der Waals surface area contributed by atoms with E-state index in [4.69, 9.17) is 27.9 Å². The van der Waals surface area contributed by atoms with Gasteiger partial charge in [-0.3, -0.25) is 4.79 Å². The van der Waals surface area contributed by atoms with Gasteiger partial charge in [0.25, 0.3) is 0 Å². The third-order valence-corrected chi connectivity index (χ3v) is 5.40. The van der Waals surface area contributed by atoms with Crippen molar-refractivity contribution in [2.75, 3.05) is 13.1 Å². The summed E-state index contributed by atoms with van der Waals surface area (Å²) in [6.45, 7) is 11.0. The molecule has 0 aromatic heterocycles. The monoisotopic (exact) mass is 428 g/mol. The van der Waals surface area contributed by atoms with E-state index in [9.17, 15) is 9.59 Å². The maximum absolute atomic E-state index is 13.2. The van der Waals surface area contributed by atoms with Gasteiger partial charge in [0.05, 0.1) is 16.0 Å². The fourth-order valence-corrected chi connectivity index (χ4v) is 3.58. The minimum absolute atomic E-state index is 0.0267. The third-order valence-electron chi connectivity index (χ3n) is 4.67. The molecule has 1 aromatic rings. The molecule has 156 valence electrons. The van der Waals surface area contributed by atoms with E-state index in [-0.39, 0.29) is 24.0 Å². The van der Waals surface area contributed by atoms with Gasteiger partial charge in [0.2, 0.25) is 5.91 Å². The number of hydrogen-bond donors (Lipinski definition) is 0. The van der Waals surface area contributed by atoms with Crippen LogP contribution < -0.4 is 0 Å². The topological polar surface area (TPSA) is 49.9 Å². The van der Waals surface area contributed by atoms with Gasteiger partial charge in [-0.15, -0.1) is 0 Å². The first-order valence-corrected chi connectivity index (χ1v) is 10.5. The Morgan fingerprint density at radius 2 is 1.93 bits per heavy atom. The lowest BCUT2D eigenvalue weighted by Gasteiger charge is -2.37. The van der Waals surface area contributed by atoms with Crippen LogP contribution in [0.25, 0.3) is 0 Å². The zero-order valence-electron chi connectivity index (χ0n) is 17.3. The van der Waals surface area contributed by atoms with Gasteiger partial charge in [0, 0.05) is 25.7 Å². The highest BCUT2D eigenvalue weighted by Gasteiger charge is 2.33. The van der Waals surface area contributed by atoms with Crippen molar-refractivity contribution >= 4 is 35.2 Å². The van der Waals surface area contributed by atoms with E-state index in [2.05, 4.69) is 0 Å². The lowest BCUT2D eigenvalue weighted by Crippen LogP contribution is -2.49. The summed E-state index contributed by atoms with van der Waals surface area (Å²) in [7, 11) is 0. The molecule has 28 heavy (non-hydrogen) atoms. The Bertz CT molecular complexity index is 716. The van der Waals surface area contributed by atoms with Gasteiger partial charge in [-0.2, -0.15) is 0 Å². The van der Waals surface area contributed by atoms with Crippen LogP contribution in [0, 0.1) is 5.92 Å². The van der Waals surface area contributed by atoms with Crippen LogP contribution in [0.1, 0.15) is 53.0 Å². The van der Waals surface area contributed by atoms with E-state index in [0.29, 0.717) is 29.7 Å². The number of ether oxygens (including phenoxy) is 1. The van der Waals surface area contributed by atoms with Gasteiger partial charge < -0.3 is 14.5 Å². The number of nitrogens with zero attached hydrogens (tertiary/aromatic N) is 2. The standard InChI is InChI=1S/C21H30Cl2N2O3/c1-14(2)25(12-15-8-9-17(22)18(23)11-15)19(26)16-7-6-10-24(13-16)20(27)28-21(3,4)5/h8-9,11,14,16H,6-7,10,12-13H2,1-5H3/t16-/m1/s1. The molecule has 0 saturated carbocycles. The smallest absolute Gasteiger partial charge is 0.410 e. The molecular weight excluding hydrogens is 399 g/mol. The summed E-state index contributed by atoms with van der Waals surface area (Å²) in [5.41, 5.74) is 0.377. The SMILES string of the molecule is CC(C)N(Cc1ccc(Cl)c(Cl)c1)C(=O)[C@@H]1CCCN(C(=O)OC(C)(C)C)C1. The van der Waals surface area contributed by atoms with Crippen molar-refractivity contribution in [1.29, 1.82) is 0 Å². The summed E-state index contributed by atoms with van der Waals surface area (Å²) in [5.74, 6) is -0.180. The third kappa shape index (κ3) is 6.28. The van der Waals surface area contributed by atoms with E-state index in [1.807, 2.05) is 45.6 Å². The summed E-state index contributed by atoms with van der Waals surface area (Å²) in [6, 6.07) is 5.44. The predicted molar refractivity (Wildman–Crippen MR) is 113 cm³/mol. The predicted octanol–water partition coefficient (Wildman–Crippen LogP) is 5.38. The molecule has 1 saturated heterocycles. The van der Waals surface area contributed by atoms with Crippen molar-refractivity contribution in [3.05, 3.63) is 33.8 Å². The molecule has 1 aromatic carbocycles. The normalized spacial score (nSPS) is 17.6. The summed E-state index contributed by atoms with van der Waals surface area (Å²) in [6.07, 6.45) is 1.20. The minimum atomic E-state index is -0.550. The maximum atomic E-state index is 13.2. The van der Waals surface area contributed by atoms with Crippen LogP contribution in [0.5, 0.6) is 0 Å². The molecule has 2 amide bonds. The van der Waals surface area contributed by atoms with Gasteiger partial charge in [0.1, 0.15) is 5.60 Å². The Morgan fingerprint density at radius 1 is 1.25 bits per heavy atom. The lowest BCUT2D eigenvalue weighted by molar-refractivity contribution is -0.139. The number of likely N-dealkylation sites (tertiary alicyclic amines) is 1. The summed E-state index contributed by atoms with van der Waals surface area (Å²) in [5, 5.41) is 0.970. The highest BCUT2D eigenvalue weighted by atomic mass is 35.5. The Hall–Kier alpha value is -1.46. The number of halogens is 2. The van der Waals surface area contributed by atoms with Crippen LogP contribution in [-0.4, -0.2) is 46.5 Å². The van der Waals surface area contributed by atoms with E-state index in [0.717, 1.165) is 18.4 Å². The quantitative estimate of drug-likeness (QED) is 0.646. The molecule has 1 atom stereocenters. The number of carbonyl (C=O) groups is 2. The number of carbonyl (C=O) groups excluding carboxylic acids is 2. The first kappa shape index (κ1) is 22.8. The average Bonchev–Trinajstić information content (AvgIpc) is 2.60. The van der Waals surface area contributed by atoms with E-state index < -0.39 is 5.60 Å². The number of rotatable bonds is 4. The fraction of sp³-hybridized carbons (Fsp3) is 0.619. The summed E-state index contributed by atoms with van der Waals surface area (Å²) in [4.78, 5) is 29.1. The molecule has 1 aliphatic rings. The molecule has 2 rings (SSSR count). The summed E-state index contributed by atoms with van der Waals surface area (Å²) >= 11 is 12.1. The van der Waals surface area contributed by atoms with Crippen molar-refractivity contribution < 1.29 is 14.3 Å². The Labute approximate surface area is 177 Å². The fourth-order valence-electron chi connectivity index (χ4n) is 3.26. The summed E-state index contributed by atoms with van der Waals surface area (Å²) < 4.78 is 5.47. The van der Waals surface area contributed by atoms with Crippen LogP contribution in [0.4, 0.5) is 4.79 Å². The van der Waals surface area contributed by atoms with Crippen molar-refractivity contribution in [3.8, 4) is 0 Å². The molecule has 1 heterocycles. The van der Waals surface area contributed by atoms with E-state index >= 15 is 0 Å². The molecule has 0 spiro atoms. The second-order valence-corrected chi connectivity index (χ2v) is 9.39. The van der Waals surface area contributed by atoms with Gasteiger partial charge in [-0.25, -0.2) is 4.79 Å². The molecule has 0 bridgehead atoms. The second kappa shape index (κ2) is 9.36. The number of benzene rings is 1. The molecule has 0 N–H and O–H groups in total. The van der Waals surface area contributed by atoms with Gasteiger partial charge >= 0.3 is 6.09 Å². The van der Waals surface area contributed by atoms with Gasteiger partial charge in [-0.05, 0) is 65.2 Å². The molecule has 0 aliphatic carbocycles. The average molecular weight is 429 g/mol. The van der Waals surface area contributed by atoms with Crippen molar-refractivity contribution in [1.82, 2.24) is 9.80 Å². The maximum Gasteiger partial charge on any atom is 0.410 e.